The molecule has 0 spiro atoms. The van der Waals surface area contributed by atoms with Gasteiger partial charge in [-0.25, -0.2) is 4.79 Å². The summed E-state index contributed by atoms with van der Waals surface area (Å²) in [5.41, 5.74) is 0.533. The largest absolute Gasteiger partial charge is 0.443 e. The van der Waals surface area contributed by atoms with E-state index < -0.39 is 12.1 Å². The maximum atomic E-state index is 12.5. The summed E-state index contributed by atoms with van der Waals surface area (Å²) in [6.45, 7) is 0.393. The summed E-state index contributed by atoms with van der Waals surface area (Å²) in [7, 11) is 0. The average Bonchev–Trinajstić information content (AvgIpc) is 3.31. The topological polar surface area (TPSA) is 68.3 Å². The highest BCUT2D eigenvalue weighted by Gasteiger charge is 2.26. The minimum atomic E-state index is -1.03. The van der Waals surface area contributed by atoms with Crippen molar-refractivity contribution in [2.24, 2.45) is 0 Å². The Morgan fingerprint density at radius 2 is 1.96 bits per heavy atom. The number of amides is 1. The monoisotopic (exact) mass is 358 g/mol. The molecular formula is C17H14N2O3S2. The van der Waals surface area contributed by atoms with E-state index in [1.54, 1.807) is 47.2 Å². The summed E-state index contributed by atoms with van der Waals surface area (Å²) in [6, 6.07) is 10.7. The zero-order valence-corrected chi connectivity index (χ0v) is 14.2. The van der Waals surface area contributed by atoms with E-state index in [1.807, 2.05) is 17.5 Å². The van der Waals surface area contributed by atoms with Crippen LogP contribution in [0.1, 0.15) is 26.2 Å². The Kier molecular flexibility index (Phi) is 5.35. The molecule has 0 unspecified atom stereocenters. The smallest absolute Gasteiger partial charge is 0.349 e. The highest BCUT2D eigenvalue weighted by Crippen LogP contribution is 2.21. The summed E-state index contributed by atoms with van der Waals surface area (Å²) in [6.07, 6.45) is 2.09. The van der Waals surface area contributed by atoms with Gasteiger partial charge in [0.2, 0.25) is 6.10 Å². The minimum Gasteiger partial charge on any atom is -0.443 e. The van der Waals surface area contributed by atoms with Crippen LogP contribution < -0.4 is 5.32 Å². The fraction of sp³-hybridized carbons (Fsp3) is 0.118. The number of esters is 1. The molecule has 0 aliphatic heterocycles. The molecule has 3 heterocycles. The first-order chi connectivity index (χ1) is 11.7. The zero-order valence-electron chi connectivity index (χ0n) is 12.5. The first-order valence-electron chi connectivity index (χ1n) is 7.18. The molecule has 3 aromatic rings. The number of pyridine rings is 1. The first-order valence-corrected chi connectivity index (χ1v) is 8.94. The van der Waals surface area contributed by atoms with Gasteiger partial charge in [0, 0.05) is 22.8 Å². The van der Waals surface area contributed by atoms with Gasteiger partial charge in [0.1, 0.15) is 4.88 Å². The molecule has 0 fully saturated rings. The van der Waals surface area contributed by atoms with Gasteiger partial charge in [-0.2, -0.15) is 0 Å². The number of carbonyl (C=O) groups excluding carboxylic acids is 2. The summed E-state index contributed by atoms with van der Waals surface area (Å²) in [5.74, 6) is -0.897. The second-order valence-corrected chi connectivity index (χ2v) is 6.83. The van der Waals surface area contributed by atoms with Crippen molar-refractivity contribution in [3.63, 3.8) is 0 Å². The van der Waals surface area contributed by atoms with E-state index >= 15 is 0 Å². The Hall–Kier alpha value is -2.51. The molecule has 1 atom stereocenters. The van der Waals surface area contributed by atoms with Crippen molar-refractivity contribution >= 4 is 34.6 Å². The van der Waals surface area contributed by atoms with Crippen molar-refractivity contribution in [3.05, 3.63) is 74.9 Å². The molecule has 1 N–H and O–H groups in total. The minimum absolute atomic E-state index is 0.374. The lowest BCUT2D eigenvalue weighted by Crippen LogP contribution is -2.31. The van der Waals surface area contributed by atoms with Gasteiger partial charge in [-0.1, -0.05) is 18.2 Å². The van der Waals surface area contributed by atoms with Crippen LogP contribution in [0.4, 0.5) is 0 Å². The number of carbonyl (C=O) groups is 2. The van der Waals surface area contributed by atoms with Crippen LogP contribution in [-0.4, -0.2) is 16.9 Å². The Morgan fingerprint density at radius 1 is 1.12 bits per heavy atom. The number of hydrogen-bond donors (Lipinski definition) is 1. The quantitative estimate of drug-likeness (QED) is 0.686. The zero-order chi connectivity index (χ0) is 16.8. The number of rotatable bonds is 6. The normalized spacial score (nSPS) is 11.7. The van der Waals surface area contributed by atoms with E-state index in [1.165, 1.54) is 17.5 Å². The van der Waals surface area contributed by atoms with Gasteiger partial charge in [0.25, 0.3) is 5.91 Å². The van der Waals surface area contributed by atoms with Crippen LogP contribution in [0.2, 0.25) is 0 Å². The molecule has 0 saturated heterocycles. The van der Waals surface area contributed by atoms with Crippen LogP contribution in [0.25, 0.3) is 0 Å². The van der Waals surface area contributed by atoms with E-state index in [2.05, 4.69) is 10.3 Å². The van der Waals surface area contributed by atoms with Gasteiger partial charge in [0.15, 0.2) is 0 Å². The molecular weight excluding hydrogens is 344 g/mol. The number of nitrogens with one attached hydrogen (secondary N) is 1. The molecule has 0 aromatic carbocycles. The lowest BCUT2D eigenvalue weighted by Gasteiger charge is -2.17. The lowest BCUT2D eigenvalue weighted by atomic mass is 10.1. The number of hydrogen-bond acceptors (Lipinski definition) is 6. The van der Waals surface area contributed by atoms with E-state index in [-0.39, 0.29) is 5.91 Å². The third kappa shape index (κ3) is 4.06. The molecule has 0 bridgehead atoms. The molecule has 5 nitrogen and oxygen atoms in total. The van der Waals surface area contributed by atoms with Crippen molar-refractivity contribution in [1.29, 1.82) is 0 Å². The molecule has 7 heteroatoms. The van der Waals surface area contributed by atoms with Gasteiger partial charge < -0.3 is 10.1 Å². The lowest BCUT2D eigenvalue weighted by molar-refractivity contribution is -0.130. The van der Waals surface area contributed by atoms with Gasteiger partial charge in [-0.15, -0.1) is 22.7 Å². The summed E-state index contributed by atoms with van der Waals surface area (Å²) in [5, 5.41) is 6.53. The molecule has 24 heavy (non-hydrogen) atoms. The second-order valence-electron chi connectivity index (χ2n) is 4.85. The van der Waals surface area contributed by atoms with Gasteiger partial charge in [-0.3, -0.25) is 9.78 Å². The standard InChI is InChI=1S/C17H14N2O3S2/c20-16(19-11-13-5-2-8-23-13)15(12-4-1-7-18-10-12)22-17(21)14-6-3-9-24-14/h1-10,15H,11H2,(H,19,20)/t15-/m1/s1. The first kappa shape index (κ1) is 16.4. The van der Waals surface area contributed by atoms with Crippen molar-refractivity contribution in [2.75, 3.05) is 0 Å². The summed E-state index contributed by atoms with van der Waals surface area (Å²) >= 11 is 2.82. The Labute approximate surface area is 146 Å². The van der Waals surface area contributed by atoms with Crippen LogP contribution >= 0.6 is 22.7 Å². The summed E-state index contributed by atoms with van der Waals surface area (Å²) < 4.78 is 5.44. The molecule has 122 valence electrons. The van der Waals surface area contributed by atoms with Crippen LogP contribution in [0.15, 0.2) is 59.6 Å². The molecule has 0 radical (unpaired) electrons. The maximum absolute atomic E-state index is 12.5. The summed E-state index contributed by atoms with van der Waals surface area (Å²) in [4.78, 5) is 30.2. The maximum Gasteiger partial charge on any atom is 0.349 e. The number of nitrogens with zero attached hydrogens (tertiary/aromatic N) is 1. The Morgan fingerprint density at radius 3 is 2.62 bits per heavy atom. The number of aromatic nitrogens is 1. The van der Waals surface area contributed by atoms with Crippen LogP contribution in [0.5, 0.6) is 0 Å². The average molecular weight is 358 g/mol. The van der Waals surface area contributed by atoms with E-state index in [4.69, 9.17) is 4.74 Å². The molecule has 0 aliphatic rings. The van der Waals surface area contributed by atoms with Crippen LogP contribution in [0, 0.1) is 0 Å². The third-order valence-corrected chi connectivity index (χ3v) is 4.92. The van der Waals surface area contributed by atoms with Gasteiger partial charge in [-0.05, 0) is 29.0 Å². The number of thiophene rings is 2. The molecule has 1 amide bonds. The van der Waals surface area contributed by atoms with Crippen LogP contribution in [-0.2, 0) is 16.1 Å². The van der Waals surface area contributed by atoms with E-state index in [0.717, 1.165) is 4.88 Å². The fourth-order valence-electron chi connectivity index (χ4n) is 2.04. The van der Waals surface area contributed by atoms with E-state index in [0.29, 0.717) is 17.0 Å². The Bertz CT molecular complexity index is 787. The highest BCUT2D eigenvalue weighted by atomic mass is 32.1. The Balaban J connectivity index is 1.74. The van der Waals surface area contributed by atoms with Crippen molar-refractivity contribution < 1.29 is 14.3 Å². The van der Waals surface area contributed by atoms with Gasteiger partial charge >= 0.3 is 5.97 Å². The van der Waals surface area contributed by atoms with Crippen molar-refractivity contribution in [2.45, 2.75) is 12.6 Å². The SMILES string of the molecule is O=C(O[C@@H](C(=O)NCc1cccs1)c1cccnc1)c1cccs1. The number of ether oxygens (including phenoxy) is 1. The third-order valence-electron chi connectivity index (χ3n) is 3.19. The van der Waals surface area contributed by atoms with E-state index in [9.17, 15) is 9.59 Å². The predicted molar refractivity (Wildman–Crippen MR) is 92.9 cm³/mol. The molecule has 3 aromatic heterocycles. The van der Waals surface area contributed by atoms with Gasteiger partial charge in [0.05, 0.1) is 6.54 Å². The molecule has 0 aliphatic carbocycles. The van der Waals surface area contributed by atoms with Crippen molar-refractivity contribution in [1.82, 2.24) is 10.3 Å². The molecule has 0 saturated carbocycles. The molecule has 3 rings (SSSR count). The van der Waals surface area contributed by atoms with Crippen molar-refractivity contribution in [3.8, 4) is 0 Å². The second kappa shape index (κ2) is 7.85. The predicted octanol–water partition coefficient (Wildman–Crippen LogP) is 3.42. The van der Waals surface area contributed by atoms with Crippen LogP contribution in [0.3, 0.4) is 0 Å². The fourth-order valence-corrected chi connectivity index (χ4v) is 3.29. The highest BCUT2D eigenvalue weighted by molar-refractivity contribution is 7.12.